The lowest BCUT2D eigenvalue weighted by molar-refractivity contribution is -0.187. The maximum atomic E-state index is 6.29. The zero-order chi connectivity index (χ0) is 17.7. The van der Waals surface area contributed by atoms with E-state index in [0.717, 1.165) is 36.3 Å². The van der Waals surface area contributed by atoms with E-state index in [0.29, 0.717) is 24.7 Å². The first-order valence-corrected chi connectivity index (χ1v) is 8.78. The van der Waals surface area contributed by atoms with Gasteiger partial charge >= 0.3 is 0 Å². The fraction of sp³-hybridized carbons (Fsp3) is 0.471. The minimum atomic E-state index is -0.614. The number of hydrogen-bond donors (Lipinski definition) is 2. The van der Waals surface area contributed by atoms with Crippen LogP contribution in [0.4, 0.5) is 5.82 Å². The summed E-state index contributed by atoms with van der Waals surface area (Å²) >= 11 is 0. The van der Waals surface area contributed by atoms with Crippen molar-refractivity contribution in [3.63, 3.8) is 0 Å². The molecule has 0 amide bonds. The van der Waals surface area contributed by atoms with Crippen LogP contribution in [-0.2, 0) is 16.5 Å². The number of aryl methyl sites for hydroxylation is 1. The zero-order valence-corrected chi connectivity index (χ0v) is 14.6. The van der Waals surface area contributed by atoms with Crippen LogP contribution in [0.1, 0.15) is 18.0 Å². The quantitative estimate of drug-likeness (QED) is 0.691. The number of aromatic nitrogens is 5. The molecule has 0 bridgehead atoms. The van der Waals surface area contributed by atoms with Crippen LogP contribution in [0.5, 0.6) is 0 Å². The van der Waals surface area contributed by atoms with Crippen molar-refractivity contribution in [2.45, 2.75) is 18.1 Å². The van der Waals surface area contributed by atoms with E-state index < -0.39 is 5.79 Å². The van der Waals surface area contributed by atoms with Gasteiger partial charge in [0.1, 0.15) is 5.82 Å². The first-order valence-electron chi connectivity index (χ1n) is 8.78. The average molecular weight is 355 g/mol. The highest BCUT2D eigenvalue weighted by Crippen LogP contribution is 2.40. The predicted octanol–water partition coefficient (Wildman–Crippen LogP) is 0.532. The van der Waals surface area contributed by atoms with Gasteiger partial charge in [-0.15, -0.1) is 0 Å². The Labute approximate surface area is 150 Å². The summed E-state index contributed by atoms with van der Waals surface area (Å²) < 4.78 is 15.5. The summed E-state index contributed by atoms with van der Waals surface area (Å²) in [6, 6.07) is 1.87. The fourth-order valence-corrected chi connectivity index (χ4v) is 3.93. The Balaban J connectivity index is 1.64. The molecule has 5 heterocycles. The first kappa shape index (κ1) is 15.7. The maximum Gasteiger partial charge on any atom is 0.179 e. The lowest BCUT2D eigenvalue weighted by Crippen LogP contribution is -2.49. The molecule has 1 atom stereocenters. The molecule has 1 spiro atoms. The Kier molecular flexibility index (Phi) is 3.49. The predicted molar refractivity (Wildman–Crippen MR) is 94.5 cm³/mol. The molecule has 5 rings (SSSR count). The van der Waals surface area contributed by atoms with Gasteiger partial charge in [-0.2, -0.15) is 14.7 Å². The summed E-state index contributed by atoms with van der Waals surface area (Å²) in [4.78, 5) is 4.91. The van der Waals surface area contributed by atoms with Crippen molar-refractivity contribution in [3.05, 3.63) is 30.4 Å². The van der Waals surface area contributed by atoms with Crippen LogP contribution >= 0.6 is 0 Å². The smallest absolute Gasteiger partial charge is 0.179 e. The highest BCUT2D eigenvalue weighted by molar-refractivity contribution is 5.77. The van der Waals surface area contributed by atoms with E-state index in [4.69, 9.17) is 20.2 Å². The van der Waals surface area contributed by atoms with Gasteiger partial charge in [0.2, 0.25) is 0 Å². The third kappa shape index (κ3) is 2.32. The number of piperidine rings is 1. The molecule has 1 unspecified atom stereocenters. The number of ether oxygens (including phenoxy) is 2. The van der Waals surface area contributed by atoms with Gasteiger partial charge in [0.05, 0.1) is 37.2 Å². The number of hydrogen-bond acceptors (Lipinski definition) is 7. The van der Waals surface area contributed by atoms with E-state index in [9.17, 15) is 0 Å². The summed E-state index contributed by atoms with van der Waals surface area (Å²) in [7, 11) is 1.88. The molecular weight excluding hydrogens is 334 g/mol. The Bertz CT molecular complexity index is 957. The van der Waals surface area contributed by atoms with Crippen molar-refractivity contribution in [2.75, 3.05) is 32.0 Å². The topological polar surface area (TPSA) is 105 Å². The number of fused-ring (bicyclic) bond motifs is 1. The van der Waals surface area contributed by atoms with Gasteiger partial charge in [0, 0.05) is 49.9 Å². The fourth-order valence-electron chi connectivity index (χ4n) is 3.93. The Morgan fingerprint density at radius 2 is 2.12 bits per heavy atom. The van der Waals surface area contributed by atoms with Gasteiger partial charge in [-0.3, -0.25) is 4.68 Å². The van der Waals surface area contributed by atoms with Crippen LogP contribution in [0.2, 0.25) is 0 Å². The monoisotopic (exact) mass is 355 g/mol. The van der Waals surface area contributed by atoms with Gasteiger partial charge in [0.15, 0.2) is 11.4 Å². The minimum Gasteiger partial charge on any atom is -0.384 e. The van der Waals surface area contributed by atoms with E-state index in [-0.39, 0.29) is 5.92 Å². The van der Waals surface area contributed by atoms with Gasteiger partial charge in [-0.05, 0) is 0 Å². The van der Waals surface area contributed by atoms with Crippen LogP contribution in [0.3, 0.4) is 0 Å². The normalized spacial score (nSPS) is 22.4. The molecular formula is C17H21N7O2. The average Bonchev–Trinajstić information content (AvgIpc) is 3.36. The molecule has 3 aromatic rings. The Morgan fingerprint density at radius 1 is 1.27 bits per heavy atom. The molecule has 26 heavy (non-hydrogen) atoms. The van der Waals surface area contributed by atoms with Gasteiger partial charge in [-0.1, -0.05) is 0 Å². The Morgan fingerprint density at radius 3 is 2.88 bits per heavy atom. The largest absolute Gasteiger partial charge is 0.384 e. The number of nitrogens with two attached hydrogens (primary N) is 1. The summed E-state index contributed by atoms with van der Waals surface area (Å²) in [5, 5.41) is 12.1. The number of rotatable bonds is 2. The molecule has 3 aromatic heterocycles. The molecule has 2 aliphatic heterocycles. The number of nitrogen functional groups attached to an aromatic ring is 1. The molecule has 0 aromatic carbocycles. The minimum absolute atomic E-state index is 0.0253. The van der Waals surface area contributed by atoms with Crippen LogP contribution in [0.15, 0.2) is 24.7 Å². The van der Waals surface area contributed by atoms with Crippen molar-refractivity contribution >= 4 is 11.5 Å². The summed E-state index contributed by atoms with van der Waals surface area (Å²) in [6.45, 7) is 2.82. The second-order valence-electron chi connectivity index (χ2n) is 6.82. The molecule has 136 valence electrons. The van der Waals surface area contributed by atoms with Gasteiger partial charge < -0.3 is 20.5 Å². The number of nitrogens with one attached hydrogen (secondary N) is 1. The van der Waals surface area contributed by atoms with E-state index >= 15 is 0 Å². The van der Waals surface area contributed by atoms with Gasteiger partial charge in [0.25, 0.3) is 0 Å². The van der Waals surface area contributed by atoms with Crippen molar-refractivity contribution in [3.8, 4) is 11.1 Å². The highest BCUT2D eigenvalue weighted by Gasteiger charge is 2.47. The molecule has 2 fully saturated rings. The molecule has 9 nitrogen and oxygen atoms in total. The summed E-state index contributed by atoms with van der Waals surface area (Å²) in [5.74, 6) is -0.0982. The number of anilines is 1. The molecule has 2 saturated heterocycles. The molecule has 2 aliphatic rings. The second-order valence-corrected chi connectivity index (χ2v) is 6.82. The van der Waals surface area contributed by atoms with E-state index in [1.807, 2.05) is 19.3 Å². The van der Waals surface area contributed by atoms with Crippen LogP contribution in [0, 0.1) is 0 Å². The van der Waals surface area contributed by atoms with Crippen LogP contribution in [0.25, 0.3) is 16.8 Å². The van der Waals surface area contributed by atoms with Crippen molar-refractivity contribution in [1.29, 1.82) is 0 Å². The van der Waals surface area contributed by atoms with Crippen molar-refractivity contribution in [2.24, 2.45) is 7.05 Å². The van der Waals surface area contributed by atoms with E-state index in [1.165, 1.54) is 0 Å². The van der Waals surface area contributed by atoms with Crippen LogP contribution < -0.4 is 11.1 Å². The molecule has 0 saturated carbocycles. The SMILES string of the molecule is Cn1cc(-c2cnn3c(N)cc(C4CNCCC45OCCO5)nc23)cn1. The zero-order valence-electron chi connectivity index (χ0n) is 14.6. The maximum absolute atomic E-state index is 6.29. The lowest BCUT2D eigenvalue weighted by Gasteiger charge is -2.39. The van der Waals surface area contributed by atoms with Crippen LogP contribution in [-0.4, -0.2) is 56.5 Å². The number of nitrogens with zero attached hydrogens (tertiary/aromatic N) is 5. The standard InChI is InChI=1S/C17H21N7O2/c1-23-10-11(7-20-23)12-8-21-24-15(18)6-14(22-16(12)24)13-9-19-3-2-17(13)25-4-5-26-17/h6-8,10,13,19H,2-5,9,18H2,1H3. The summed E-state index contributed by atoms with van der Waals surface area (Å²) in [5.41, 5.74) is 9.71. The third-order valence-electron chi connectivity index (χ3n) is 5.20. The second kappa shape index (κ2) is 5.76. The third-order valence-corrected chi connectivity index (χ3v) is 5.20. The van der Waals surface area contributed by atoms with E-state index in [2.05, 4.69) is 15.5 Å². The summed E-state index contributed by atoms with van der Waals surface area (Å²) in [6.07, 6.45) is 6.30. The Hall–Kier alpha value is -2.49. The highest BCUT2D eigenvalue weighted by atomic mass is 16.7. The molecule has 0 radical (unpaired) electrons. The molecule has 0 aliphatic carbocycles. The first-order chi connectivity index (χ1) is 12.7. The van der Waals surface area contributed by atoms with E-state index in [1.54, 1.807) is 21.6 Å². The lowest BCUT2D eigenvalue weighted by atomic mass is 9.88. The van der Waals surface area contributed by atoms with Gasteiger partial charge in [-0.25, -0.2) is 4.98 Å². The van der Waals surface area contributed by atoms with Crippen molar-refractivity contribution in [1.82, 2.24) is 29.7 Å². The molecule has 9 heteroatoms. The van der Waals surface area contributed by atoms with Crippen molar-refractivity contribution < 1.29 is 9.47 Å². The molecule has 3 N–H and O–H groups in total.